The molecule has 9 heteroatoms. The Hall–Kier alpha value is -0.773. The van der Waals surface area contributed by atoms with Crippen molar-refractivity contribution in [3.05, 3.63) is 0 Å². The molecule has 1 N–H and O–H groups in total. The van der Waals surface area contributed by atoms with E-state index < -0.39 is 30.1 Å². The van der Waals surface area contributed by atoms with Crippen LogP contribution in [0.3, 0.4) is 0 Å². The van der Waals surface area contributed by atoms with Crippen LogP contribution in [0.15, 0.2) is 9.98 Å². The first kappa shape index (κ1) is 30.3. The first-order chi connectivity index (χ1) is 15.0. The third-order valence-corrected chi connectivity index (χ3v) is 12.3. The second kappa shape index (κ2) is 12.3. The standard InChI is InChI=1S/C24H49N3O4SSi/c1-13-29-21-19(17(3)4)25-22(30-14-2)20(26-21)18(27-32(28)23(5,6)7)15-16-31-33(11,12)24(8,9)10/h17-20,27H,13-16H2,1-12H3/t18?,19-,20+,32+/m1/s1. The minimum atomic E-state index is -1.91. The molecule has 0 radical (unpaired) electrons. The average molecular weight is 504 g/mol. The second-order valence-electron chi connectivity index (χ2n) is 11.4. The van der Waals surface area contributed by atoms with Crippen LogP contribution < -0.4 is 4.72 Å². The molecule has 4 atom stereocenters. The zero-order valence-corrected chi connectivity index (χ0v) is 24.9. The van der Waals surface area contributed by atoms with Crippen molar-refractivity contribution < 1.29 is 18.1 Å². The second-order valence-corrected chi connectivity index (χ2v) is 18.2. The number of ether oxygens (including phenoxy) is 2. The van der Waals surface area contributed by atoms with Gasteiger partial charge >= 0.3 is 0 Å². The van der Waals surface area contributed by atoms with Gasteiger partial charge < -0.3 is 13.9 Å². The number of hydrogen-bond acceptors (Lipinski definition) is 6. The summed E-state index contributed by atoms with van der Waals surface area (Å²) in [6, 6.07) is -0.862. The maximum atomic E-state index is 13.1. The van der Waals surface area contributed by atoms with E-state index in [1.807, 2.05) is 34.6 Å². The van der Waals surface area contributed by atoms with E-state index in [0.717, 1.165) is 0 Å². The summed E-state index contributed by atoms with van der Waals surface area (Å²) < 4.78 is 34.3. The van der Waals surface area contributed by atoms with Crippen molar-refractivity contribution in [2.24, 2.45) is 15.9 Å². The topological polar surface area (TPSA) is 81.5 Å². The zero-order chi connectivity index (χ0) is 25.6. The summed E-state index contributed by atoms with van der Waals surface area (Å²) in [5.41, 5.74) is 0. The molecule has 1 aliphatic rings. The van der Waals surface area contributed by atoms with Crippen LogP contribution in [0.25, 0.3) is 0 Å². The van der Waals surface area contributed by atoms with Crippen molar-refractivity contribution >= 4 is 31.1 Å². The Labute approximate surface area is 206 Å². The molecule has 1 aliphatic heterocycles. The summed E-state index contributed by atoms with van der Waals surface area (Å²) in [5.74, 6) is 1.43. The fourth-order valence-corrected chi connectivity index (χ4v) is 4.96. The Bertz CT molecular complexity index is 711. The van der Waals surface area contributed by atoms with E-state index in [0.29, 0.717) is 38.0 Å². The molecule has 1 unspecified atom stereocenters. The third-order valence-electron chi connectivity index (χ3n) is 6.15. The summed E-state index contributed by atoms with van der Waals surface area (Å²) in [6.07, 6.45) is 0.639. The largest absolute Gasteiger partial charge is 0.480 e. The maximum absolute atomic E-state index is 13.1. The van der Waals surface area contributed by atoms with Gasteiger partial charge in [0.1, 0.15) is 12.1 Å². The van der Waals surface area contributed by atoms with E-state index >= 15 is 0 Å². The lowest BCUT2D eigenvalue weighted by molar-refractivity contribution is 0.247. The fraction of sp³-hybridized carbons (Fsp3) is 0.917. The van der Waals surface area contributed by atoms with Gasteiger partial charge in [0.2, 0.25) is 11.8 Å². The van der Waals surface area contributed by atoms with Crippen LogP contribution in [0.1, 0.15) is 75.7 Å². The van der Waals surface area contributed by atoms with Gasteiger partial charge in [-0.1, -0.05) is 34.6 Å². The van der Waals surface area contributed by atoms with Gasteiger partial charge in [0, 0.05) is 6.61 Å². The van der Waals surface area contributed by atoms with Gasteiger partial charge in [-0.05, 0) is 65.1 Å². The van der Waals surface area contributed by atoms with Gasteiger partial charge in [-0.2, -0.15) is 0 Å². The van der Waals surface area contributed by atoms with E-state index in [1.54, 1.807) is 0 Å². The van der Waals surface area contributed by atoms with E-state index in [2.05, 4.69) is 52.4 Å². The van der Waals surface area contributed by atoms with Gasteiger partial charge in [-0.3, -0.25) is 0 Å². The molecule has 0 aliphatic carbocycles. The van der Waals surface area contributed by atoms with E-state index in [4.69, 9.17) is 23.9 Å². The van der Waals surface area contributed by atoms with E-state index in [9.17, 15) is 4.21 Å². The SMILES string of the molecule is CCOC1=N[C@H](C(C)C)C(OCC)=N[C@H]1C(CCO[Si](C)(C)C(C)(C)C)N[S@@](=O)C(C)(C)C. The summed E-state index contributed by atoms with van der Waals surface area (Å²) in [6.45, 7) is 26.7. The quantitative estimate of drug-likeness (QED) is 0.421. The van der Waals surface area contributed by atoms with Crippen molar-refractivity contribution in [2.45, 2.75) is 117 Å². The summed E-state index contributed by atoms with van der Waals surface area (Å²) in [5, 5.41) is 0.123. The van der Waals surface area contributed by atoms with Crippen LogP contribution in [-0.4, -0.2) is 67.0 Å². The van der Waals surface area contributed by atoms with Crippen molar-refractivity contribution in [1.29, 1.82) is 0 Å². The van der Waals surface area contributed by atoms with Crippen LogP contribution >= 0.6 is 0 Å². The van der Waals surface area contributed by atoms with Gasteiger partial charge in [0.15, 0.2) is 8.32 Å². The monoisotopic (exact) mass is 503 g/mol. The van der Waals surface area contributed by atoms with Crippen LogP contribution in [-0.2, 0) is 24.9 Å². The number of hydrogen-bond donors (Lipinski definition) is 1. The molecule has 0 amide bonds. The predicted octanol–water partition coefficient (Wildman–Crippen LogP) is 5.10. The Balaban J connectivity index is 3.29. The molecule has 194 valence electrons. The molecule has 0 aromatic carbocycles. The van der Waals surface area contributed by atoms with Crippen molar-refractivity contribution in [2.75, 3.05) is 19.8 Å². The Morgan fingerprint density at radius 2 is 1.45 bits per heavy atom. The number of aliphatic imine (C=N–C) groups is 2. The highest BCUT2D eigenvalue weighted by molar-refractivity contribution is 7.84. The van der Waals surface area contributed by atoms with Crippen LogP contribution in [0.5, 0.6) is 0 Å². The lowest BCUT2D eigenvalue weighted by atomic mass is 10.00. The smallest absolute Gasteiger partial charge is 0.211 e. The summed E-state index contributed by atoms with van der Waals surface area (Å²) in [4.78, 5) is 9.88. The molecule has 0 saturated carbocycles. The number of rotatable bonds is 10. The first-order valence-corrected chi connectivity index (χ1v) is 16.3. The molecular weight excluding hydrogens is 454 g/mol. The minimum absolute atomic E-state index is 0.123. The number of nitrogens with one attached hydrogen (secondary N) is 1. The van der Waals surface area contributed by atoms with Gasteiger partial charge in [-0.15, -0.1) is 0 Å². The Kier molecular flexibility index (Phi) is 11.2. The van der Waals surface area contributed by atoms with E-state index in [-0.39, 0.29) is 23.0 Å². The van der Waals surface area contributed by atoms with E-state index in [1.165, 1.54) is 0 Å². The molecule has 0 spiro atoms. The molecular formula is C24H49N3O4SSi. The molecule has 0 aromatic rings. The van der Waals surface area contributed by atoms with Crippen LogP contribution in [0, 0.1) is 5.92 Å². The van der Waals surface area contributed by atoms with Crippen molar-refractivity contribution in [1.82, 2.24) is 4.72 Å². The summed E-state index contributed by atoms with van der Waals surface area (Å²) in [7, 11) is -3.18. The van der Waals surface area contributed by atoms with Gasteiger partial charge in [-0.25, -0.2) is 18.9 Å². The molecule has 0 saturated heterocycles. The average Bonchev–Trinajstić information content (AvgIpc) is 2.66. The normalized spacial score (nSPS) is 22.0. The summed E-state index contributed by atoms with van der Waals surface area (Å²) >= 11 is 0. The lowest BCUT2D eigenvalue weighted by Crippen LogP contribution is -2.52. The molecule has 0 aromatic heterocycles. The van der Waals surface area contributed by atoms with Crippen LogP contribution in [0.4, 0.5) is 0 Å². The minimum Gasteiger partial charge on any atom is -0.480 e. The molecule has 1 rings (SSSR count). The highest BCUT2D eigenvalue weighted by atomic mass is 32.2. The zero-order valence-electron chi connectivity index (χ0n) is 23.1. The van der Waals surface area contributed by atoms with Crippen LogP contribution in [0.2, 0.25) is 18.1 Å². The van der Waals surface area contributed by atoms with Crippen molar-refractivity contribution in [3.63, 3.8) is 0 Å². The molecule has 33 heavy (non-hydrogen) atoms. The maximum Gasteiger partial charge on any atom is 0.211 e. The third kappa shape index (κ3) is 8.75. The van der Waals surface area contributed by atoms with Gasteiger partial charge in [0.25, 0.3) is 0 Å². The predicted molar refractivity (Wildman–Crippen MR) is 143 cm³/mol. The number of nitrogens with zero attached hydrogens (tertiary/aromatic N) is 2. The van der Waals surface area contributed by atoms with Crippen molar-refractivity contribution in [3.8, 4) is 0 Å². The fourth-order valence-electron chi connectivity index (χ4n) is 3.03. The molecule has 1 heterocycles. The highest BCUT2D eigenvalue weighted by Crippen LogP contribution is 2.36. The van der Waals surface area contributed by atoms with Gasteiger partial charge in [0.05, 0.1) is 35.0 Å². The molecule has 0 fully saturated rings. The molecule has 0 bridgehead atoms. The highest BCUT2D eigenvalue weighted by Gasteiger charge is 2.40. The Morgan fingerprint density at radius 3 is 1.88 bits per heavy atom. The first-order valence-electron chi connectivity index (χ1n) is 12.3. The lowest BCUT2D eigenvalue weighted by Gasteiger charge is -2.37. The Morgan fingerprint density at radius 1 is 0.970 bits per heavy atom. The molecule has 7 nitrogen and oxygen atoms in total.